The number of rotatable bonds is 3. The molecule has 0 aliphatic carbocycles. The summed E-state index contributed by atoms with van der Waals surface area (Å²) in [5.41, 5.74) is 4.37. The summed E-state index contributed by atoms with van der Waals surface area (Å²) in [4.78, 5) is 23.4. The molecule has 1 amide bonds. The van der Waals surface area contributed by atoms with Crippen molar-refractivity contribution in [2.24, 2.45) is 5.41 Å². The number of anilines is 4. The van der Waals surface area contributed by atoms with Crippen LogP contribution in [0.25, 0.3) is 5.65 Å². The second-order valence-electron chi connectivity index (χ2n) is 10.0. The van der Waals surface area contributed by atoms with Crippen molar-refractivity contribution in [1.82, 2.24) is 24.9 Å². The van der Waals surface area contributed by atoms with Crippen LogP contribution >= 0.6 is 0 Å². The fourth-order valence-corrected chi connectivity index (χ4v) is 5.37. The molecule has 3 aliphatic rings. The number of fused-ring (bicyclic) bond motifs is 2. The van der Waals surface area contributed by atoms with Gasteiger partial charge in [0.2, 0.25) is 11.9 Å². The summed E-state index contributed by atoms with van der Waals surface area (Å²) < 4.78 is 1.77. The second-order valence-corrected chi connectivity index (χ2v) is 10.0. The summed E-state index contributed by atoms with van der Waals surface area (Å²) in [6.07, 6.45) is 6.27. The van der Waals surface area contributed by atoms with Crippen molar-refractivity contribution < 1.29 is 4.79 Å². The zero-order valence-electron chi connectivity index (χ0n) is 18.5. The van der Waals surface area contributed by atoms with Gasteiger partial charge in [-0.15, -0.1) is 5.10 Å². The number of amides is 1. The molecule has 3 N–H and O–H groups in total. The van der Waals surface area contributed by atoms with Gasteiger partial charge in [0, 0.05) is 61.8 Å². The van der Waals surface area contributed by atoms with Gasteiger partial charge in [-0.1, -0.05) is 19.9 Å². The van der Waals surface area contributed by atoms with Crippen molar-refractivity contribution in [3.63, 3.8) is 0 Å². The van der Waals surface area contributed by atoms with Crippen molar-refractivity contribution >= 4 is 34.7 Å². The summed E-state index contributed by atoms with van der Waals surface area (Å²) >= 11 is 0. The lowest BCUT2D eigenvalue weighted by atomic mass is 9.78. The number of hydrogen-bond donors (Lipinski definition) is 3. The van der Waals surface area contributed by atoms with Gasteiger partial charge in [-0.3, -0.25) is 4.79 Å². The molecule has 3 aromatic rings. The molecule has 0 radical (unpaired) electrons. The number of nitrogens with one attached hydrogen (secondary N) is 3. The summed E-state index contributed by atoms with van der Waals surface area (Å²) in [7, 11) is 0. The van der Waals surface area contributed by atoms with Crippen LogP contribution in [0.2, 0.25) is 0 Å². The van der Waals surface area contributed by atoms with E-state index in [1.807, 2.05) is 6.20 Å². The van der Waals surface area contributed by atoms with E-state index < -0.39 is 0 Å². The van der Waals surface area contributed by atoms with Crippen molar-refractivity contribution in [2.75, 3.05) is 41.7 Å². The Balaban J connectivity index is 1.27. The Hall–Kier alpha value is -3.36. The predicted molar refractivity (Wildman–Crippen MR) is 124 cm³/mol. The highest BCUT2D eigenvalue weighted by atomic mass is 16.1. The first-order chi connectivity index (χ1) is 15.4. The van der Waals surface area contributed by atoms with Gasteiger partial charge < -0.3 is 20.9 Å². The van der Waals surface area contributed by atoms with E-state index in [4.69, 9.17) is 4.98 Å². The number of hydrogen-bond acceptors (Lipinski definition) is 7. The van der Waals surface area contributed by atoms with Gasteiger partial charge in [-0.2, -0.15) is 4.98 Å². The van der Waals surface area contributed by atoms with Gasteiger partial charge in [0.05, 0.1) is 0 Å². The topological polar surface area (TPSA) is 99.5 Å². The smallest absolute Gasteiger partial charge is 0.247 e. The lowest BCUT2D eigenvalue weighted by Gasteiger charge is -2.33. The molecule has 166 valence electrons. The standard InChI is InChI=1S/C23H28N8O/c1-22(2)5-7-24-17-11-15(3-4-16(17)22)27-21-28-20-19(25-8-10-31(20)29-21)30-9-6-23(14-30)12-18(32)26-13-23/h3-4,8,10-11,24H,5-7,9,12-14H2,1-2H3,(H,26,32)(H,27,29). The highest BCUT2D eigenvalue weighted by Crippen LogP contribution is 2.40. The Bertz CT molecular complexity index is 1220. The number of aromatic nitrogens is 4. The highest BCUT2D eigenvalue weighted by Gasteiger charge is 2.44. The second kappa shape index (κ2) is 6.82. The van der Waals surface area contributed by atoms with E-state index in [9.17, 15) is 4.79 Å². The van der Waals surface area contributed by atoms with Crippen molar-refractivity contribution in [2.45, 2.75) is 38.5 Å². The lowest BCUT2D eigenvalue weighted by molar-refractivity contribution is -0.119. The van der Waals surface area contributed by atoms with E-state index in [1.54, 1.807) is 10.7 Å². The molecule has 0 bridgehead atoms. The molecule has 2 fully saturated rings. The Labute approximate surface area is 186 Å². The van der Waals surface area contributed by atoms with Crippen LogP contribution in [0.4, 0.5) is 23.1 Å². The molecule has 5 heterocycles. The minimum absolute atomic E-state index is 0.0105. The van der Waals surface area contributed by atoms with Crippen LogP contribution in [0.15, 0.2) is 30.6 Å². The molecule has 1 atom stereocenters. The molecule has 32 heavy (non-hydrogen) atoms. The summed E-state index contributed by atoms with van der Waals surface area (Å²) in [6, 6.07) is 6.41. The molecule has 2 saturated heterocycles. The van der Waals surface area contributed by atoms with E-state index in [-0.39, 0.29) is 16.7 Å². The van der Waals surface area contributed by atoms with Crippen LogP contribution in [0, 0.1) is 5.41 Å². The molecular formula is C23H28N8O. The van der Waals surface area contributed by atoms with Gasteiger partial charge >= 0.3 is 0 Å². The maximum Gasteiger partial charge on any atom is 0.247 e. The first-order valence-corrected chi connectivity index (χ1v) is 11.3. The van der Waals surface area contributed by atoms with Crippen LogP contribution in [0.1, 0.15) is 38.7 Å². The molecule has 2 aromatic heterocycles. The molecule has 1 spiro atoms. The lowest BCUT2D eigenvalue weighted by Crippen LogP contribution is -2.29. The van der Waals surface area contributed by atoms with Crippen LogP contribution in [0.3, 0.4) is 0 Å². The average Bonchev–Trinajstić information content (AvgIpc) is 3.46. The molecular weight excluding hydrogens is 404 g/mol. The average molecular weight is 433 g/mol. The summed E-state index contributed by atoms with van der Waals surface area (Å²) in [5, 5.41) is 14.5. The van der Waals surface area contributed by atoms with Crippen LogP contribution < -0.4 is 20.9 Å². The van der Waals surface area contributed by atoms with Gasteiger partial charge in [0.15, 0.2) is 11.5 Å². The quantitative estimate of drug-likeness (QED) is 0.585. The molecule has 1 aromatic carbocycles. The molecule has 1 unspecified atom stereocenters. The number of nitrogens with zero attached hydrogens (tertiary/aromatic N) is 5. The Morgan fingerprint density at radius 2 is 2.09 bits per heavy atom. The van der Waals surface area contributed by atoms with Gasteiger partial charge in [0.25, 0.3) is 0 Å². The van der Waals surface area contributed by atoms with E-state index >= 15 is 0 Å². The Morgan fingerprint density at radius 3 is 2.94 bits per heavy atom. The zero-order chi connectivity index (χ0) is 21.9. The third kappa shape index (κ3) is 3.14. The minimum atomic E-state index is 0.0105. The molecule has 9 nitrogen and oxygen atoms in total. The third-order valence-corrected chi connectivity index (χ3v) is 7.24. The van der Waals surface area contributed by atoms with E-state index in [1.165, 1.54) is 11.3 Å². The van der Waals surface area contributed by atoms with Gasteiger partial charge in [-0.05, 0) is 36.0 Å². The van der Waals surface area contributed by atoms with Crippen molar-refractivity contribution in [3.8, 4) is 0 Å². The molecule has 0 saturated carbocycles. The molecule has 9 heteroatoms. The molecule has 3 aliphatic heterocycles. The fourth-order valence-electron chi connectivity index (χ4n) is 5.37. The molecule has 6 rings (SSSR count). The SMILES string of the molecule is CC1(C)CCNc2cc(Nc3nc4c(N5CCC6(CNC(=O)C6)C5)nccn4n3)ccc21. The largest absolute Gasteiger partial charge is 0.385 e. The maximum absolute atomic E-state index is 11.8. The van der Waals surface area contributed by atoms with E-state index in [2.05, 4.69) is 63.0 Å². The number of carbonyl (C=O) groups excluding carboxylic acids is 1. The van der Waals surface area contributed by atoms with Crippen molar-refractivity contribution in [3.05, 3.63) is 36.2 Å². The maximum atomic E-state index is 11.8. The number of benzene rings is 1. The Kier molecular flexibility index (Phi) is 4.12. The number of carbonyl (C=O) groups is 1. The third-order valence-electron chi connectivity index (χ3n) is 7.24. The zero-order valence-corrected chi connectivity index (χ0v) is 18.5. The van der Waals surface area contributed by atoms with Crippen LogP contribution in [-0.2, 0) is 10.2 Å². The predicted octanol–water partition coefficient (Wildman–Crippen LogP) is 2.68. The van der Waals surface area contributed by atoms with E-state index in [0.29, 0.717) is 12.4 Å². The fraction of sp³-hybridized carbons (Fsp3) is 0.478. The normalized spacial score (nSPS) is 23.9. The first kappa shape index (κ1) is 19.3. The minimum Gasteiger partial charge on any atom is -0.385 e. The van der Waals surface area contributed by atoms with E-state index in [0.717, 1.165) is 56.2 Å². The first-order valence-electron chi connectivity index (χ1n) is 11.3. The van der Waals surface area contributed by atoms with Crippen LogP contribution in [0.5, 0.6) is 0 Å². The van der Waals surface area contributed by atoms with Crippen molar-refractivity contribution in [1.29, 1.82) is 0 Å². The van der Waals surface area contributed by atoms with Gasteiger partial charge in [-0.25, -0.2) is 9.50 Å². The summed E-state index contributed by atoms with van der Waals surface area (Å²) in [6.45, 7) is 7.97. The monoisotopic (exact) mass is 432 g/mol. The van der Waals surface area contributed by atoms with Crippen LogP contribution in [-0.4, -0.2) is 51.7 Å². The summed E-state index contributed by atoms with van der Waals surface area (Å²) in [5.74, 6) is 1.51. The van der Waals surface area contributed by atoms with Gasteiger partial charge in [0.1, 0.15) is 0 Å². The highest BCUT2D eigenvalue weighted by molar-refractivity contribution is 5.80. The Morgan fingerprint density at radius 1 is 1.19 bits per heavy atom.